The van der Waals surface area contributed by atoms with E-state index in [2.05, 4.69) is 5.32 Å². The van der Waals surface area contributed by atoms with Crippen LogP contribution in [0.3, 0.4) is 0 Å². The molecule has 0 aliphatic heterocycles. The predicted molar refractivity (Wildman–Crippen MR) is 75.6 cm³/mol. The van der Waals surface area contributed by atoms with E-state index in [4.69, 9.17) is 16.3 Å². The molecule has 2 aromatic rings. The second-order valence-corrected chi connectivity index (χ2v) is 4.47. The van der Waals surface area contributed by atoms with E-state index in [0.717, 1.165) is 11.3 Å². The molecule has 0 aliphatic rings. The highest BCUT2D eigenvalue weighted by Gasteiger charge is 2.04. The van der Waals surface area contributed by atoms with Crippen LogP contribution in [-0.2, 0) is 6.54 Å². The van der Waals surface area contributed by atoms with E-state index in [9.17, 15) is 4.79 Å². The van der Waals surface area contributed by atoms with Gasteiger partial charge in [0.1, 0.15) is 5.75 Å². The zero-order valence-corrected chi connectivity index (χ0v) is 11.3. The fourth-order valence-corrected chi connectivity index (χ4v) is 1.76. The second kappa shape index (κ2) is 6.25. The minimum atomic E-state index is -0.118. The van der Waals surface area contributed by atoms with E-state index in [1.807, 2.05) is 24.3 Å². The molecular formula is C15H14ClNO2. The molecule has 0 saturated heterocycles. The highest BCUT2D eigenvalue weighted by molar-refractivity contribution is 6.30. The molecule has 19 heavy (non-hydrogen) atoms. The van der Waals surface area contributed by atoms with Crippen molar-refractivity contribution in [2.24, 2.45) is 0 Å². The summed E-state index contributed by atoms with van der Waals surface area (Å²) in [7, 11) is 1.62. The van der Waals surface area contributed by atoms with Crippen molar-refractivity contribution in [3.05, 3.63) is 64.7 Å². The van der Waals surface area contributed by atoms with Crippen molar-refractivity contribution in [1.82, 2.24) is 5.32 Å². The van der Waals surface area contributed by atoms with Gasteiger partial charge in [-0.25, -0.2) is 0 Å². The van der Waals surface area contributed by atoms with Crippen LogP contribution in [0.1, 0.15) is 15.9 Å². The van der Waals surface area contributed by atoms with Crippen molar-refractivity contribution >= 4 is 17.5 Å². The fraction of sp³-hybridized carbons (Fsp3) is 0.133. The van der Waals surface area contributed by atoms with Crippen molar-refractivity contribution < 1.29 is 9.53 Å². The molecule has 0 spiro atoms. The number of ether oxygens (including phenoxy) is 1. The van der Waals surface area contributed by atoms with Crippen molar-refractivity contribution in [1.29, 1.82) is 0 Å². The Labute approximate surface area is 117 Å². The quantitative estimate of drug-likeness (QED) is 0.930. The molecule has 1 N–H and O–H groups in total. The number of hydrogen-bond acceptors (Lipinski definition) is 2. The van der Waals surface area contributed by atoms with Crippen molar-refractivity contribution in [3.8, 4) is 5.75 Å². The Morgan fingerprint density at radius 2 is 1.74 bits per heavy atom. The van der Waals surface area contributed by atoms with Gasteiger partial charge in [-0.1, -0.05) is 23.7 Å². The molecule has 98 valence electrons. The number of halogens is 1. The van der Waals surface area contributed by atoms with Gasteiger partial charge < -0.3 is 10.1 Å². The molecule has 0 atom stereocenters. The first-order valence-corrected chi connectivity index (χ1v) is 6.23. The lowest BCUT2D eigenvalue weighted by Crippen LogP contribution is -2.22. The largest absolute Gasteiger partial charge is 0.497 e. The van der Waals surface area contributed by atoms with Crippen LogP contribution in [0.5, 0.6) is 5.75 Å². The van der Waals surface area contributed by atoms with Gasteiger partial charge >= 0.3 is 0 Å². The van der Waals surface area contributed by atoms with Crippen LogP contribution >= 0.6 is 11.6 Å². The molecule has 1 amide bonds. The fourth-order valence-electron chi connectivity index (χ4n) is 1.63. The Morgan fingerprint density at radius 3 is 2.32 bits per heavy atom. The van der Waals surface area contributed by atoms with Crippen LogP contribution in [-0.4, -0.2) is 13.0 Å². The molecule has 4 heteroatoms. The van der Waals surface area contributed by atoms with Gasteiger partial charge in [-0.3, -0.25) is 4.79 Å². The summed E-state index contributed by atoms with van der Waals surface area (Å²) in [6.07, 6.45) is 0. The summed E-state index contributed by atoms with van der Waals surface area (Å²) in [5.41, 5.74) is 1.61. The molecule has 0 radical (unpaired) electrons. The first-order valence-electron chi connectivity index (χ1n) is 5.86. The monoisotopic (exact) mass is 275 g/mol. The van der Waals surface area contributed by atoms with Crippen molar-refractivity contribution in [2.75, 3.05) is 7.11 Å². The van der Waals surface area contributed by atoms with Gasteiger partial charge in [-0.2, -0.15) is 0 Å². The third kappa shape index (κ3) is 3.73. The Morgan fingerprint density at radius 1 is 1.11 bits per heavy atom. The summed E-state index contributed by atoms with van der Waals surface area (Å²) >= 11 is 5.77. The number of benzene rings is 2. The maximum atomic E-state index is 11.9. The Kier molecular flexibility index (Phi) is 4.42. The summed E-state index contributed by atoms with van der Waals surface area (Å²) in [5, 5.41) is 3.47. The standard InChI is InChI=1S/C15H14ClNO2/c1-19-14-8-2-11(3-9-14)10-17-15(18)12-4-6-13(16)7-5-12/h2-9H,10H2,1H3,(H,17,18). The summed E-state index contributed by atoms with van der Waals surface area (Å²) in [5.74, 6) is 0.681. The van der Waals surface area contributed by atoms with E-state index < -0.39 is 0 Å². The van der Waals surface area contributed by atoms with E-state index in [-0.39, 0.29) is 5.91 Å². The van der Waals surface area contributed by atoms with Gasteiger partial charge in [0, 0.05) is 17.1 Å². The van der Waals surface area contributed by atoms with Crippen LogP contribution < -0.4 is 10.1 Å². The first kappa shape index (κ1) is 13.4. The van der Waals surface area contributed by atoms with E-state index in [0.29, 0.717) is 17.1 Å². The lowest BCUT2D eigenvalue weighted by molar-refractivity contribution is 0.0951. The smallest absolute Gasteiger partial charge is 0.251 e. The zero-order chi connectivity index (χ0) is 13.7. The van der Waals surface area contributed by atoms with Gasteiger partial charge in [0.25, 0.3) is 5.91 Å². The number of rotatable bonds is 4. The highest BCUT2D eigenvalue weighted by atomic mass is 35.5. The molecule has 0 aromatic heterocycles. The van der Waals surface area contributed by atoms with Crippen LogP contribution in [0, 0.1) is 0 Å². The SMILES string of the molecule is COc1ccc(CNC(=O)c2ccc(Cl)cc2)cc1. The van der Waals surface area contributed by atoms with Crippen molar-refractivity contribution in [3.63, 3.8) is 0 Å². The van der Waals surface area contributed by atoms with Crippen molar-refractivity contribution in [2.45, 2.75) is 6.54 Å². The molecule has 0 unspecified atom stereocenters. The number of carbonyl (C=O) groups is 1. The summed E-state index contributed by atoms with van der Waals surface area (Å²) in [6.45, 7) is 0.478. The average Bonchev–Trinajstić information content (AvgIpc) is 2.46. The average molecular weight is 276 g/mol. The van der Waals surface area contributed by atoms with E-state index >= 15 is 0 Å². The van der Waals surface area contributed by atoms with Crippen LogP contribution in [0.2, 0.25) is 5.02 Å². The van der Waals surface area contributed by atoms with Gasteiger partial charge in [-0.05, 0) is 42.0 Å². The topological polar surface area (TPSA) is 38.3 Å². The van der Waals surface area contributed by atoms with Gasteiger partial charge in [0.15, 0.2) is 0 Å². The predicted octanol–water partition coefficient (Wildman–Crippen LogP) is 3.28. The molecule has 0 fully saturated rings. The van der Waals surface area contributed by atoms with Crippen LogP contribution in [0.4, 0.5) is 0 Å². The Balaban J connectivity index is 1.94. The second-order valence-electron chi connectivity index (χ2n) is 4.04. The number of methoxy groups -OCH3 is 1. The Bertz CT molecular complexity index is 549. The van der Waals surface area contributed by atoms with Gasteiger partial charge in [0.2, 0.25) is 0 Å². The van der Waals surface area contributed by atoms with E-state index in [1.54, 1.807) is 31.4 Å². The lowest BCUT2D eigenvalue weighted by Gasteiger charge is -2.06. The van der Waals surface area contributed by atoms with Crippen LogP contribution in [0.25, 0.3) is 0 Å². The third-order valence-corrected chi connectivity index (χ3v) is 2.97. The molecular weight excluding hydrogens is 262 g/mol. The maximum absolute atomic E-state index is 11.9. The third-order valence-electron chi connectivity index (χ3n) is 2.72. The van der Waals surface area contributed by atoms with Gasteiger partial charge in [0.05, 0.1) is 7.11 Å². The highest BCUT2D eigenvalue weighted by Crippen LogP contribution is 2.12. The first-order chi connectivity index (χ1) is 9.19. The minimum absolute atomic E-state index is 0.118. The summed E-state index contributed by atoms with van der Waals surface area (Å²) < 4.78 is 5.08. The molecule has 0 aliphatic carbocycles. The number of amides is 1. The number of carbonyl (C=O) groups excluding carboxylic acids is 1. The molecule has 2 rings (SSSR count). The van der Waals surface area contributed by atoms with Crippen LogP contribution in [0.15, 0.2) is 48.5 Å². The van der Waals surface area contributed by atoms with Gasteiger partial charge in [-0.15, -0.1) is 0 Å². The molecule has 0 heterocycles. The maximum Gasteiger partial charge on any atom is 0.251 e. The van der Waals surface area contributed by atoms with E-state index in [1.165, 1.54) is 0 Å². The number of nitrogens with one attached hydrogen (secondary N) is 1. The molecule has 3 nitrogen and oxygen atoms in total. The summed E-state index contributed by atoms with van der Waals surface area (Å²) in [4.78, 5) is 11.9. The normalized spacial score (nSPS) is 10.0. The zero-order valence-electron chi connectivity index (χ0n) is 10.5. The molecule has 0 saturated carbocycles. The summed E-state index contributed by atoms with van der Waals surface area (Å²) in [6, 6.07) is 14.4. The minimum Gasteiger partial charge on any atom is -0.497 e. The molecule has 0 bridgehead atoms. The molecule has 2 aromatic carbocycles. The lowest BCUT2D eigenvalue weighted by atomic mass is 10.2. The Hall–Kier alpha value is -2.00. The number of hydrogen-bond donors (Lipinski definition) is 1.